The molecule has 2 unspecified atom stereocenters. The molecule has 2 N–H and O–H groups in total. The summed E-state index contributed by atoms with van der Waals surface area (Å²) in [6.45, 7) is 4.73. The zero-order valence-electron chi connectivity index (χ0n) is 12.1. The van der Waals surface area contributed by atoms with Gasteiger partial charge in [-0.05, 0) is 57.0 Å². The molecule has 1 aromatic rings. The van der Waals surface area contributed by atoms with Crippen LogP contribution in [0.2, 0.25) is 0 Å². The van der Waals surface area contributed by atoms with Crippen molar-refractivity contribution in [2.24, 2.45) is 0 Å². The first-order valence-electron chi connectivity index (χ1n) is 6.84. The van der Waals surface area contributed by atoms with Gasteiger partial charge in [-0.1, -0.05) is 0 Å². The highest BCUT2D eigenvalue weighted by molar-refractivity contribution is 7.89. The molecule has 1 aliphatic rings. The summed E-state index contributed by atoms with van der Waals surface area (Å²) in [4.78, 5) is 0.316. The number of nitrogens with one attached hydrogen (secondary N) is 2. The van der Waals surface area contributed by atoms with Crippen molar-refractivity contribution in [3.63, 3.8) is 0 Å². The summed E-state index contributed by atoms with van der Waals surface area (Å²) < 4.78 is 32.9. The van der Waals surface area contributed by atoms with Gasteiger partial charge in [0.15, 0.2) is 0 Å². The lowest BCUT2D eigenvalue weighted by atomic mass is 10.0. The second kappa shape index (κ2) is 6.11. The van der Waals surface area contributed by atoms with Crippen LogP contribution in [0.4, 0.5) is 0 Å². The van der Waals surface area contributed by atoms with Crippen LogP contribution in [0.15, 0.2) is 23.1 Å². The van der Waals surface area contributed by atoms with Crippen molar-refractivity contribution in [3.8, 4) is 5.75 Å². The summed E-state index contributed by atoms with van der Waals surface area (Å²) in [6.07, 6.45) is 1.85. The zero-order valence-corrected chi connectivity index (χ0v) is 13.0. The minimum Gasteiger partial charge on any atom is -0.497 e. The van der Waals surface area contributed by atoms with Gasteiger partial charge in [-0.25, -0.2) is 13.1 Å². The molecule has 1 fully saturated rings. The first kappa shape index (κ1) is 15.3. The summed E-state index contributed by atoms with van der Waals surface area (Å²) in [5.74, 6) is 0.661. The van der Waals surface area contributed by atoms with Crippen molar-refractivity contribution in [2.75, 3.05) is 13.7 Å². The Kier molecular flexibility index (Phi) is 4.67. The predicted molar refractivity (Wildman–Crippen MR) is 78.5 cm³/mol. The standard InChI is InChI=1S/C14H22N2O3S/c1-10-9-12(19-3)6-7-14(10)20(17,18)16-13-5-4-8-15-11(13)2/h6-7,9,11,13,15-16H,4-5,8H2,1-3H3. The maximum Gasteiger partial charge on any atom is 0.241 e. The average molecular weight is 298 g/mol. The first-order chi connectivity index (χ1) is 9.44. The maximum absolute atomic E-state index is 12.5. The molecule has 0 bridgehead atoms. The lowest BCUT2D eigenvalue weighted by molar-refractivity contribution is 0.348. The largest absolute Gasteiger partial charge is 0.497 e. The molecule has 1 aromatic carbocycles. The Hall–Kier alpha value is -1.11. The van der Waals surface area contributed by atoms with E-state index in [1.165, 1.54) is 0 Å². The average Bonchev–Trinajstić information content (AvgIpc) is 2.40. The summed E-state index contributed by atoms with van der Waals surface area (Å²) in [5, 5.41) is 3.29. The Morgan fingerprint density at radius 1 is 1.40 bits per heavy atom. The van der Waals surface area contributed by atoms with Gasteiger partial charge in [0.05, 0.1) is 12.0 Å². The van der Waals surface area contributed by atoms with E-state index in [2.05, 4.69) is 10.0 Å². The number of aryl methyl sites for hydroxylation is 1. The fourth-order valence-electron chi connectivity index (χ4n) is 2.52. The second-order valence-corrected chi connectivity index (χ2v) is 6.93. The number of benzene rings is 1. The van der Waals surface area contributed by atoms with Crippen LogP contribution < -0.4 is 14.8 Å². The molecule has 0 amide bonds. The van der Waals surface area contributed by atoms with E-state index in [0.29, 0.717) is 16.2 Å². The fraction of sp³-hybridized carbons (Fsp3) is 0.571. The van der Waals surface area contributed by atoms with Crippen LogP contribution in [0.25, 0.3) is 0 Å². The van der Waals surface area contributed by atoms with Gasteiger partial charge in [0.1, 0.15) is 5.75 Å². The van der Waals surface area contributed by atoms with E-state index in [9.17, 15) is 8.42 Å². The molecule has 1 saturated heterocycles. The van der Waals surface area contributed by atoms with Crippen LogP contribution in [-0.2, 0) is 10.0 Å². The van der Waals surface area contributed by atoms with Gasteiger partial charge in [0.2, 0.25) is 10.0 Å². The highest BCUT2D eigenvalue weighted by atomic mass is 32.2. The predicted octanol–water partition coefficient (Wildman–Crippen LogP) is 1.42. The van der Waals surface area contributed by atoms with Gasteiger partial charge < -0.3 is 10.1 Å². The third-order valence-corrected chi connectivity index (χ3v) is 5.39. The van der Waals surface area contributed by atoms with Crippen molar-refractivity contribution in [1.82, 2.24) is 10.0 Å². The minimum absolute atomic E-state index is 0.0600. The highest BCUT2D eigenvalue weighted by Crippen LogP contribution is 2.22. The molecule has 2 rings (SSSR count). The fourth-order valence-corrected chi connectivity index (χ4v) is 4.10. The van der Waals surface area contributed by atoms with E-state index in [4.69, 9.17) is 4.74 Å². The Bertz CT molecular complexity index is 572. The van der Waals surface area contributed by atoms with Crippen LogP contribution in [0.3, 0.4) is 0 Å². The quantitative estimate of drug-likeness (QED) is 0.882. The van der Waals surface area contributed by atoms with Gasteiger partial charge in [0, 0.05) is 12.1 Å². The first-order valence-corrected chi connectivity index (χ1v) is 8.32. The molecule has 1 aliphatic heterocycles. The van der Waals surface area contributed by atoms with Crippen LogP contribution in [0.1, 0.15) is 25.3 Å². The topological polar surface area (TPSA) is 67.4 Å². The molecular formula is C14H22N2O3S. The van der Waals surface area contributed by atoms with E-state index in [-0.39, 0.29) is 12.1 Å². The van der Waals surface area contributed by atoms with Gasteiger partial charge >= 0.3 is 0 Å². The molecule has 0 saturated carbocycles. The summed E-state index contributed by atoms with van der Waals surface area (Å²) in [5.41, 5.74) is 0.688. The van der Waals surface area contributed by atoms with E-state index in [1.807, 2.05) is 6.92 Å². The van der Waals surface area contributed by atoms with E-state index < -0.39 is 10.0 Å². The second-order valence-electron chi connectivity index (χ2n) is 5.24. The van der Waals surface area contributed by atoms with Crippen molar-refractivity contribution in [1.29, 1.82) is 0 Å². The van der Waals surface area contributed by atoms with Crippen LogP contribution in [-0.4, -0.2) is 34.2 Å². The summed E-state index contributed by atoms with van der Waals surface area (Å²) in [7, 11) is -1.93. The van der Waals surface area contributed by atoms with Crippen molar-refractivity contribution >= 4 is 10.0 Å². The van der Waals surface area contributed by atoms with E-state index in [0.717, 1.165) is 19.4 Å². The highest BCUT2D eigenvalue weighted by Gasteiger charge is 2.27. The van der Waals surface area contributed by atoms with Crippen molar-refractivity contribution in [2.45, 2.75) is 43.7 Å². The van der Waals surface area contributed by atoms with Gasteiger partial charge in [-0.2, -0.15) is 0 Å². The molecule has 112 valence electrons. The molecule has 5 nitrogen and oxygen atoms in total. The maximum atomic E-state index is 12.5. The SMILES string of the molecule is COc1ccc(S(=O)(=O)NC2CCCNC2C)c(C)c1. The number of piperidine rings is 1. The third-order valence-electron chi connectivity index (χ3n) is 3.74. The number of ether oxygens (including phenoxy) is 1. The van der Waals surface area contributed by atoms with Crippen molar-refractivity contribution in [3.05, 3.63) is 23.8 Å². The lowest BCUT2D eigenvalue weighted by Crippen LogP contribution is -2.51. The van der Waals surface area contributed by atoms with Gasteiger partial charge in [-0.15, -0.1) is 0 Å². The molecule has 1 heterocycles. The summed E-state index contributed by atoms with van der Waals surface area (Å²) in [6, 6.07) is 5.09. The molecule has 0 aliphatic carbocycles. The number of rotatable bonds is 4. The Balaban J connectivity index is 2.21. The normalized spacial score (nSPS) is 23.6. The van der Waals surface area contributed by atoms with E-state index >= 15 is 0 Å². The molecule has 0 spiro atoms. The minimum atomic E-state index is -3.49. The number of hydrogen-bond donors (Lipinski definition) is 2. The molecule has 0 aromatic heterocycles. The lowest BCUT2D eigenvalue weighted by Gasteiger charge is -2.30. The zero-order chi connectivity index (χ0) is 14.8. The molecule has 6 heteroatoms. The molecule has 2 atom stereocenters. The van der Waals surface area contributed by atoms with Crippen molar-refractivity contribution < 1.29 is 13.2 Å². The van der Waals surface area contributed by atoms with Crippen LogP contribution in [0, 0.1) is 6.92 Å². The monoisotopic (exact) mass is 298 g/mol. The molecule has 20 heavy (non-hydrogen) atoms. The number of methoxy groups -OCH3 is 1. The van der Waals surface area contributed by atoms with Crippen LogP contribution in [0.5, 0.6) is 5.75 Å². The van der Waals surface area contributed by atoms with Crippen LogP contribution >= 0.6 is 0 Å². The van der Waals surface area contributed by atoms with Gasteiger partial charge in [0.25, 0.3) is 0 Å². The Morgan fingerprint density at radius 3 is 2.75 bits per heavy atom. The molecule has 0 radical (unpaired) electrons. The number of sulfonamides is 1. The third kappa shape index (κ3) is 3.31. The van der Waals surface area contributed by atoms with Gasteiger partial charge in [-0.3, -0.25) is 0 Å². The Labute approximate surface area is 120 Å². The number of hydrogen-bond acceptors (Lipinski definition) is 4. The van der Waals surface area contributed by atoms with E-state index in [1.54, 1.807) is 32.2 Å². The molecular weight excluding hydrogens is 276 g/mol. The summed E-state index contributed by atoms with van der Waals surface area (Å²) >= 11 is 0. The Morgan fingerprint density at radius 2 is 2.15 bits per heavy atom. The smallest absolute Gasteiger partial charge is 0.241 e.